The van der Waals surface area contributed by atoms with Crippen molar-refractivity contribution < 1.29 is 9.59 Å². The fourth-order valence-corrected chi connectivity index (χ4v) is 3.46. The molecule has 4 rings (SSSR count). The number of para-hydroxylation sites is 1. The molecule has 2 heterocycles. The van der Waals surface area contributed by atoms with Gasteiger partial charge in [-0.15, -0.1) is 0 Å². The Morgan fingerprint density at radius 1 is 1.03 bits per heavy atom. The standard InChI is InChI=1S/C22H23N7O2/c1-13-8-10-15(11-9-13)22(3)18(30)29(21(31)28-22)12-17-25-19(23)27-20(26-17)24-16-7-5-4-6-14(16)2/h4-11H,12H2,1-3H3,(H,28,31)(H3,23,24,25,26,27)/t22-/m0/s1. The molecule has 0 aliphatic carbocycles. The Kier molecular flexibility index (Phi) is 5.02. The summed E-state index contributed by atoms with van der Waals surface area (Å²) in [6, 6.07) is 14.6. The van der Waals surface area contributed by atoms with Crippen LogP contribution < -0.4 is 16.4 Å². The van der Waals surface area contributed by atoms with Crippen molar-refractivity contribution in [2.45, 2.75) is 32.9 Å². The monoisotopic (exact) mass is 417 g/mol. The van der Waals surface area contributed by atoms with E-state index in [-0.39, 0.29) is 30.2 Å². The fraction of sp³-hybridized carbons (Fsp3) is 0.227. The van der Waals surface area contributed by atoms with Crippen LogP contribution in [0.4, 0.5) is 22.4 Å². The topological polar surface area (TPSA) is 126 Å². The summed E-state index contributed by atoms with van der Waals surface area (Å²) in [6.07, 6.45) is 0. The van der Waals surface area contributed by atoms with E-state index in [4.69, 9.17) is 5.73 Å². The second kappa shape index (κ2) is 7.67. The third-order valence-corrected chi connectivity index (χ3v) is 5.29. The van der Waals surface area contributed by atoms with Gasteiger partial charge in [-0.05, 0) is 38.0 Å². The van der Waals surface area contributed by atoms with E-state index in [0.717, 1.165) is 21.7 Å². The molecular weight excluding hydrogens is 394 g/mol. The lowest BCUT2D eigenvalue weighted by Crippen LogP contribution is -2.40. The summed E-state index contributed by atoms with van der Waals surface area (Å²) in [6.45, 7) is 5.47. The first kappa shape index (κ1) is 20.3. The predicted octanol–water partition coefficient (Wildman–Crippen LogP) is 2.78. The molecule has 1 saturated heterocycles. The Morgan fingerprint density at radius 2 is 1.74 bits per heavy atom. The zero-order chi connectivity index (χ0) is 22.2. The van der Waals surface area contributed by atoms with Crippen LogP contribution in [0.25, 0.3) is 0 Å². The van der Waals surface area contributed by atoms with Gasteiger partial charge >= 0.3 is 6.03 Å². The maximum absolute atomic E-state index is 13.2. The summed E-state index contributed by atoms with van der Waals surface area (Å²) in [5.74, 6) is 0.0635. The van der Waals surface area contributed by atoms with E-state index in [9.17, 15) is 9.59 Å². The molecule has 9 nitrogen and oxygen atoms in total. The average Bonchev–Trinajstić information content (AvgIpc) is 2.94. The van der Waals surface area contributed by atoms with Gasteiger partial charge in [0.25, 0.3) is 5.91 Å². The summed E-state index contributed by atoms with van der Waals surface area (Å²) in [5, 5.41) is 5.88. The quantitative estimate of drug-likeness (QED) is 0.545. The Balaban J connectivity index is 1.58. The highest BCUT2D eigenvalue weighted by molar-refractivity contribution is 6.07. The third kappa shape index (κ3) is 3.89. The number of aromatic nitrogens is 3. The largest absolute Gasteiger partial charge is 0.368 e. The van der Waals surface area contributed by atoms with Gasteiger partial charge in [0.05, 0.1) is 6.54 Å². The SMILES string of the molecule is Cc1ccc([C@]2(C)NC(=O)N(Cc3nc(N)nc(Nc4ccccc4C)n3)C2=O)cc1. The first-order valence-corrected chi connectivity index (χ1v) is 9.80. The number of amides is 3. The normalized spacial score (nSPS) is 18.2. The molecule has 1 fully saturated rings. The van der Waals surface area contributed by atoms with Crippen LogP contribution in [0.2, 0.25) is 0 Å². The number of nitrogens with two attached hydrogens (primary N) is 1. The minimum absolute atomic E-state index is 0.00515. The van der Waals surface area contributed by atoms with E-state index in [1.54, 1.807) is 6.92 Å². The molecule has 31 heavy (non-hydrogen) atoms. The lowest BCUT2D eigenvalue weighted by molar-refractivity contribution is -0.131. The van der Waals surface area contributed by atoms with Crippen LogP contribution in [-0.4, -0.2) is 31.8 Å². The maximum Gasteiger partial charge on any atom is 0.325 e. The molecule has 2 aromatic carbocycles. The zero-order valence-electron chi connectivity index (χ0n) is 17.5. The number of urea groups is 1. The number of benzene rings is 2. The molecule has 1 aromatic heterocycles. The number of hydrogen-bond donors (Lipinski definition) is 3. The highest BCUT2D eigenvalue weighted by Crippen LogP contribution is 2.30. The number of nitrogen functional groups attached to an aromatic ring is 1. The molecule has 3 aromatic rings. The lowest BCUT2D eigenvalue weighted by atomic mass is 9.91. The summed E-state index contributed by atoms with van der Waals surface area (Å²) < 4.78 is 0. The van der Waals surface area contributed by atoms with Gasteiger partial charge < -0.3 is 16.4 Å². The van der Waals surface area contributed by atoms with Crippen LogP contribution >= 0.6 is 0 Å². The molecule has 1 aliphatic heterocycles. The molecule has 0 saturated carbocycles. The third-order valence-electron chi connectivity index (χ3n) is 5.29. The van der Waals surface area contributed by atoms with Crippen molar-refractivity contribution in [1.82, 2.24) is 25.2 Å². The van der Waals surface area contributed by atoms with Gasteiger partial charge in [-0.3, -0.25) is 9.69 Å². The van der Waals surface area contributed by atoms with Crippen molar-refractivity contribution in [1.29, 1.82) is 0 Å². The summed E-state index contributed by atoms with van der Waals surface area (Å²) in [4.78, 5) is 39.4. The van der Waals surface area contributed by atoms with Gasteiger partial charge in [-0.1, -0.05) is 48.0 Å². The molecule has 1 aliphatic rings. The van der Waals surface area contributed by atoms with E-state index < -0.39 is 11.6 Å². The van der Waals surface area contributed by atoms with Crippen LogP contribution in [0.5, 0.6) is 0 Å². The highest BCUT2D eigenvalue weighted by atomic mass is 16.2. The van der Waals surface area contributed by atoms with E-state index >= 15 is 0 Å². The minimum Gasteiger partial charge on any atom is -0.368 e. The van der Waals surface area contributed by atoms with Crippen LogP contribution in [0.15, 0.2) is 48.5 Å². The molecule has 0 unspecified atom stereocenters. The fourth-order valence-electron chi connectivity index (χ4n) is 3.46. The maximum atomic E-state index is 13.2. The summed E-state index contributed by atoms with van der Waals surface area (Å²) in [7, 11) is 0. The smallest absolute Gasteiger partial charge is 0.325 e. The number of rotatable bonds is 5. The van der Waals surface area contributed by atoms with Gasteiger partial charge in [0.15, 0.2) is 5.82 Å². The van der Waals surface area contributed by atoms with E-state index in [1.807, 2.05) is 62.4 Å². The Morgan fingerprint density at radius 3 is 2.45 bits per heavy atom. The van der Waals surface area contributed by atoms with Gasteiger partial charge in [-0.2, -0.15) is 15.0 Å². The summed E-state index contributed by atoms with van der Waals surface area (Å²) >= 11 is 0. The highest BCUT2D eigenvalue weighted by Gasteiger charge is 2.49. The van der Waals surface area contributed by atoms with Crippen LogP contribution in [0.3, 0.4) is 0 Å². The number of anilines is 3. The molecule has 158 valence electrons. The molecule has 0 spiro atoms. The number of nitrogens with one attached hydrogen (secondary N) is 2. The predicted molar refractivity (Wildman–Crippen MR) is 116 cm³/mol. The number of imide groups is 1. The molecule has 0 bridgehead atoms. The number of carbonyl (C=O) groups is 2. The van der Waals surface area contributed by atoms with Crippen molar-refractivity contribution in [3.05, 3.63) is 71.0 Å². The Labute approximate surface area is 179 Å². The lowest BCUT2D eigenvalue weighted by Gasteiger charge is -2.22. The van der Waals surface area contributed by atoms with Crippen molar-refractivity contribution >= 4 is 29.5 Å². The second-order valence-electron chi connectivity index (χ2n) is 7.69. The van der Waals surface area contributed by atoms with Crippen LogP contribution in [-0.2, 0) is 16.9 Å². The van der Waals surface area contributed by atoms with E-state index in [1.165, 1.54) is 0 Å². The first-order valence-electron chi connectivity index (χ1n) is 9.80. The molecule has 0 radical (unpaired) electrons. The van der Waals surface area contributed by atoms with E-state index in [2.05, 4.69) is 25.6 Å². The average molecular weight is 417 g/mol. The summed E-state index contributed by atoms with van der Waals surface area (Å²) in [5.41, 5.74) is 8.28. The van der Waals surface area contributed by atoms with Crippen molar-refractivity contribution in [3.8, 4) is 0 Å². The Bertz CT molecular complexity index is 1160. The van der Waals surface area contributed by atoms with E-state index in [0.29, 0.717) is 5.56 Å². The van der Waals surface area contributed by atoms with Gasteiger partial charge in [0, 0.05) is 5.69 Å². The minimum atomic E-state index is -1.16. The zero-order valence-corrected chi connectivity index (χ0v) is 17.5. The number of nitrogens with zero attached hydrogens (tertiary/aromatic N) is 4. The molecule has 4 N–H and O–H groups in total. The van der Waals surface area contributed by atoms with Crippen LogP contribution in [0.1, 0.15) is 29.4 Å². The van der Waals surface area contributed by atoms with Gasteiger partial charge in [-0.25, -0.2) is 4.79 Å². The first-order chi connectivity index (χ1) is 14.8. The number of hydrogen-bond acceptors (Lipinski definition) is 7. The van der Waals surface area contributed by atoms with Crippen molar-refractivity contribution in [3.63, 3.8) is 0 Å². The molecule has 9 heteroatoms. The molecular formula is C22H23N7O2. The molecule has 1 atom stereocenters. The van der Waals surface area contributed by atoms with Crippen LogP contribution in [0, 0.1) is 13.8 Å². The van der Waals surface area contributed by atoms with Crippen molar-refractivity contribution in [2.24, 2.45) is 0 Å². The van der Waals surface area contributed by atoms with Crippen molar-refractivity contribution in [2.75, 3.05) is 11.1 Å². The van der Waals surface area contributed by atoms with Gasteiger partial charge in [0.1, 0.15) is 5.54 Å². The number of aryl methyl sites for hydroxylation is 2. The Hall–Kier alpha value is -4.01. The second-order valence-corrected chi connectivity index (χ2v) is 7.69. The molecule has 3 amide bonds. The number of carbonyl (C=O) groups excluding carboxylic acids is 2. The van der Waals surface area contributed by atoms with Gasteiger partial charge in [0.2, 0.25) is 11.9 Å².